The second-order valence-electron chi connectivity index (χ2n) is 8.02. The molecule has 0 aliphatic heterocycles. The lowest BCUT2D eigenvalue weighted by Gasteiger charge is -2.20. The van der Waals surface area contributed by atoms with Crippen LogP contribution in [0.3, 0.4) is 0 Å². The lowest BCUT2D eigenvalue weighted by molar-refractivity contribution is -0.124. The second-order valence-corrected chi connectivity index (χ2v) is 8.02. The number of ether oxygens (including phenoxy) is 1. The van der Waals surface area contributed by atoms with E-state index in [9.17, 15) is 4.79 Å². The van der Waals surface area contributed by atoms with Gasteiger partial charge in [-0.05, 0) is 63.1 Å². The highest BCUT2D eigenvalue weighted by Gasteiger charge is 2.13. The predicted octanol–water partition coefficient (Wildman–Crippen LogP) is 0.798. The Kier molecular flexibility index (Phi) is 8.11. The Hall–Kier alpha value is -2.50. The van der Waals surface area contributed by atoms with Gasteiger partial charge in [-0.3, -0.25) is 4.79 Å². The van der Waals surface area contributed by atoms with Crippen molar-refractivity contribution in [2.75, 3.05) is 13.2 Å². The van der Waals surface area contributed by atoms with Gasteiger partial charge in [0.05, 0.1) is 0 Å². The number of nitrogens with one attached hydrogen (secondary N) is 3. The summed E-state index contributed by atoms with van der Waals surface area (Å²) in [6.07, 6.45) is 3.07. The highest BCUT2D eigenvalue weighted by Crippen LogP contribution is 2.18. The van der Waals surface area contributed by atoms with Crippen LogP contribution in [0.5, 0.6) is 5.75 Å². The minimum atomic E-state index is -0.247. The van der Waals surface area contributed by atoms with E-state index >= 15 is 0 Å². The maximum absolute atomic E-state index is 11.8. The van der Waals surface area contributed by atoms with E-state index in [2.05, 4.69) is 40.0 Å². The topological polar surface area (TPSA) is 66.2 Å². The van der Waals surface area contributed by atoms with Crippen molar-refractivity contribution < 1.29 is 21.9 Å². The van der Waals surface area contributed by atoms with Crippen molar-refractivity contribution in [1.82, 2.24) is 15.6 Å². The van der Waals surface area contributed by atoms with Gasteiger partial charge >= 0.3 is 0 Å². The Morgan fingerprint density at radius 1 is 1.07 bits per heavy atom. The van der Waals surface area contributed by atoms with Crippen LogP contribution in [0.25, 0.3) is 10.9 Å². The molecule has 3 rings (SSSR count). The Morgan fingerprint density at radius 2 is 1.79 bits per heavy atom. The zero-order chi connectivity index (χ0) is 20.0. The molecule has 3 aromatic rings. The van der Waals surface area contributed by atoms with E-state index in [1.54, 1.807) is 0 Å². The number of benzene rings is 2. The molecule has 1 aromatic heterocycles. The largest absolute Gasteiger partial charge is 1.00 e. The van der Waals surface area contributed by atoms with E-state index in [1.807, 2.05) is 51.1 Å². The molecule has 0 saturated heterocycles. The fraction of sp³-hybridized carbons (Fsp3) is 0.348. The quantitative estimate of drug-likeness (QED) is 0.478. The molecule has 6 heteroatoms. The number of hydrogen-bond donors (Lipinski definition) is 3. The van der Waals surface area contributed by atoms with Crippen molar-refractivity contribution in [2.45, 2.75) is 39.3 Å². The number of para-hydroxylation sites is 1. The van der Waals surface area contributed by atoms with Crippen LogP contribution in [-0.2, 0) is 17.8 Å². The lowest BCUT2D eigenvalue weighted by atomic mass is 10.1. The van der Waals surface area contributed by atoms with E-state index in [0.29, 0.717) is 5.75 Å². The smallest absolute Gasteiger partial charge is 0.258 e. The van der Waals surface area contributed by atoms with Gasteiger partial charge in [0.15, 0.2) is 6.61 Å². The minimum absolute atomic E-state index is 0. The van der Waals surface area contributed by atoms with Gasteiger partial charge in [-0.25, -0.2) is 0 Å². The number of carbonyl (C=O) groups is 1. The molecule has 0 spiro atoms. The highest BCUT2D eigenvalue weighted by atomic mass is 35.5. The molecule has 2 aromatic carbocycles. The van der Waals surface area contributed by atoms with Crippen molar-refractivity contribution in [1.29, 1.82) is 0 Å². The first-order chi connectivity index (χ1) is 13.4. The molecule has 1 amide bonds. The number of H-pyrrole nitrogens is 1. The van der Waals surface area contributed by atoms with Gasteiger partial charge in [-0.1, -0.05) is 30.3 Å². The number of carbonyl (C=O) groups excluding carboxylic acids is 1. The third-order valence-electron chi connectivity index (χ3n) is 4.38. The summed E-state index contributed by atoms with van der Waals surface area (Å²) >= 11 is 0. The Bertz CT molecular complexity index is 914. The molecule has 0 atom stereocenters. The standard InChI is InChI=1S/C23H29N3O2.ClH/c1-23(2,3)26-22(27)16-28-19-10-8-17(9-11-19)14-24-13-12-18-15-25-21-7-5-4-6-20(18)21;/h4-11,15,24-25H,12-14,16H2,1-3H3,(H,26,27);1H/p-1. The molecular formula is C23H29ClN3O2-. The summed E-state index contributed by atoms with van der Waals surface area (Å²) in [6, 6.07) is 16.2. The van der Waals surface area contributed by atoms with Crippen LogP contribution in [0.2, 0.25) is 0 Å². The van der Waals surface area contributed by atoms with Gasteiger partial charge < -0.3 is 32.8 Å². The average molecular weight is 415 g/mol. The summed E-state index contributed by atoms with van der Waals surface area (Å²) in [4.78, 5) is 15.1. The van der Waals surface area contributed by atoms with Crippen LogP contribution in [-0.4, -0.2) is 29.6 Å². The molecule has 0 saturated carbocycles. The molecule has 0 unspecified atom stereocenters. The molecule has 156 valence electrons. The summed E-state index contributed by atoms with van der Waals surface area (Å²) in [5, 5.41) is 7.66. The Labute approximate surface area is 178 Å². The second kappa shape index (κ2) is 10.3. The molecular weight excluding hydrogens is 386 g/mol. The van der Waals surface area contributed by atoms with E-state index in [1.165, 1.54) is 22.0 Å². The van der Waals surface area contributed by atoms with Gasteiger partial charge in [-0.15, -0.1) is 0 Å². The maximum atomic E-state index is 11.8. The van der Waals surface area contributed by atoms with Crippen LogP contribution < -0.4 is 27.8 Å². The lowest BCUT2D eigenvalue weighted by Crippen LogP contribution is -3.00. The molecule has 0 radical (unpaired) electrons. The summed E-state index contributed by atoms with van der Waals surface area (Å²) in [6.45, 7) is 7.58. The monoisotopic (exact) mass is 414 g/mol. The number of hydrogen-bond acceptors (Lipinski definition) is 3. The predicted molar refractivity (Wildman–Crippen MR) is 114 cm³/mol. The van der Waals surface area contributed by atoms with Crippen LogP contribution >= 0.6 is 0 Å². The van der Waals surface area contributed by atoms with E-state index in [0.717, 1.165) is 19.5 Å². The molecule has 29 heavy (non-hydrogen) atoms. The third kappa shape index (κ3) is 7.11. The third-order valence-corrected chi connectivity index (χ3v) is 4.38. The van der Waals surface area contributed by atoms with Gasteiger partial charge in [0.1, 0.15) is 5.75 Å². The first-order valence-electron chi connectivity index (χ1n) is 9.69. The molecule has 1 heterocycles. The summed E-state index contributed by atoms with van der Waals surface area (Å²) in [5.41, 5.74) is 3.46. The van der Waals surface area contributed by atoms with Gasteiger partial charge in [0.2, 0.25) is 0 Å². The zero-order valence-corrected chi connectivity index (χ0v) is 18.0. The van der Waals surface area contributed by atoms with Crippen molar-refractivity contribution in [3.63, 3.8) is 0 Å². The summed E-state index contributed by atoms with van der Waals surface area (Å²) in [5.74, 6) is 0.585. The fourth-order valence-corrected chi connectivity index (χ4v) is 3.10. The Balaban J connectivity index is 0.00000300. The molecule has 0 bridgehead atoms. The first-order valence-corrected chi connectivity index (χ1v) is 9.69. The zero-order valence-electron chi connectivity index (χ0n) is 17.2. The van der Waals surface area contributed by atoms with Crippen LogP contribution in [0.15, 0.2) is 54.7 Å². The van der Waals surface area contributed by atoms with Crippen LogP contribution in [0.4, 0.5) is 0 Å². The summed E-state index contributed by atoms with van der Waals surface area (Å²) < 4.78 is 5.55. The number of aromatic nitrogens is 1. The van der Waals surface area contributed by atoms with Crippen molar-refractivity contribution in [3.8, 4) is 5.75 Å². The van der Waals surface area contributed by atoms with Crippen molar-refractivity contribution in [2.24, 2.45) is 0 Å². The molecule has 3 N–H and O–H groups in total. The molecule has 0 fully saturated rings. The molecule has 0 aliphatic rings. The van der Waals surface area contributed by atoms with Gasteiger partial charge in [0, 0.05) is 29.2 Å². The summed E-state index contributed by atoms with van der Waals surface area (Å²) in [7, 11) is 0. The number of fused-ring (bicyclic) bond motifs is 1. The van der Waals surface area contributed by atoms with E-state index in [4.69, 9.17) is 4.74 Å². The van der Waals surface area contributed by atoms with Crippen molar-refractivity contribution in [3.05, 3.63) is 65.9 Å². The molecule has 5 nitrogen and oxygen atoms in total. The fourth-order valence-electron chi connectivity index (χ4n) is 3.10. The van der Waals surface area contributed by atoms with Gasteiger partial charge in [-0.2, -0.15) is 0 Å². The molecule has 0 aliphatic carbocycles. The number of halogens is 1. The number of amides is 1. The van der Waals surface area contributed by atoms with Crippen LogP contribution in [0.1, 0.15) is 31.9 Å². The minimum Gasteiger partial charge on any atom is -1.00 e. The number of aromatic amines is 1. The van der Waals surface area contributed by atoms with Crippen molar-refractivity contribution >= 4 is 16.8 Å². The average Bonchev–Trinajstić information content (AvgIpc) is 3.06. The van der Waals surface area contributed by atoms with E-state index in [-0.39, 0.29) is 30.5 Å². The van der Waals surface area contributed by atoms with Gasteiger partial charge in [0.25, 0.3) is 5.91 Å². The maximum Gasteiger partial charge on any atom is 0.258 e. The SMILES string of the molecule is CC(C)(C)NC(=O)COc1ccc(CNCCc2c[nH]c3ccccc23)cc1.[Cl-]. The Morgan fingerprint density at radius 3 is 2.52 bits per heavy atom. The highest BCUT2D eigenvalue weighted by molar-refractivity contribution is 5.83. The van der Waals surface area contributed by atoms with Crippen LogP contribution in [0, 0.1) is 0 Å². The van der Waals surface area contributed by atoms with E-state index < -0.39 is 0 Å². The first kappa shape index (κ1) is 22.8. The number of rotatable bonds is 8. The normalized spacial score (nSPS) is 11.1.